The molecule has 0 aromatic heterocycles. The first-order chi connectivity index (χ1) is 4.18. The lowest BCUT2D eigenvalue weighted by molar-refractivity contribution is 0.824. The molecule has 0 aromatic rings. The minimum atomic E-state index is -0.431. The average molecular weight is 164 g/mol. The average Bonchev–Trinajstić information content (AvgIpc) is 1.89. The molecule has 1 nitrogen and oxygen atoms in total. The topological polar surface area (TPSA) is 30.0 Å². The summed E-state index contributed by atoms with van der Waals surface area (Å²) >= 11 is 0. The summed E-state index contributed by atoms with van der Waals surface area (Å²) in [5.41, 5.74) is 0. The van der Waals surface area contributed by atoms with Gasteiger partial charge in [0.05, 0.1) is 18.5 Å². The minimum absolute atomic E-state index is 0. The molecule has 0 saturated carbocycles. The lowest BCUT2D eigenvalue weighted by atomic mass is 10.6. The maximum Gasteiger partial charge on any atom is 0.0588 e. The van der Waals surface area contributed by atoms with E-state index in [0.29, 0.717) is 0 Å². The van der Waals surface area contributed by atoms with E-state index in [1.54, 1.807) is 0 Å². The largest absolute Gasteiger partial charge is 0.870 e. The molecule has 0 atom stereocenters. The van der Waals surface area contributed by atoms with Crippen LogP contribution >= 0.6 is 7.26 Å². The molecular weight excluding hydrogens is 143 g/mol. The van der Waals surface area contributed by atoms with Gasteiger partial charge in [-0.2, -0.15) is 0 Å². The van der Waals surface area contributed by atoms with Crippen LogP contribution in [-0.4, -0.2) is 30.6 Å². The van der Waals surface area contributed by atoms with Crippen LogP contribution in [0.2, 0.25) is 0 Å². The van der Waals surface area contributed by atoms with Crippen molar-refractivity contribution < 1.29 is 5.48 Å². The van der Waals surface area contributed by atoms with Crippen molar-refractivity contribution in [2.45, 2.75) is 27.2 Å². The van der Waals surface area contributed by atoms with E-state index in [1.165, 1.54) is 24.9 Å². The summed E-state index contributed by atoms with van der Waals surface area (Å²) in [5.74, 6) is 0. The highest BCUT2D eigenvalue weighted by Gasteiger charge is 2.24. The van der Waals surface area contributed by atoms with E-state index >= 15 is 0 Å². The van der Waals surface area contributed by atoms with Crippen LogP contribution in [0.25, 0.3) is 0 Å². The normalized spacial score (nSPS) is 10.8. The predicted octanol–water partition coefficient (Wildman–Crippen LogP) is 2.91. The van der Waals surface area contributed by atoms with Gasteiger partial charge in [-0.15, -0.1) is 0 Å². The second-order valence-corrected chi connectivity index (χ2v) is 7.93. The van der Waals surface area contributed by atoms with Crippen molar-refractivity contribution in [2.24, 2.45) is 0 Å². The first-order valence-electron chi connectivity index (χ1n) is 4.02. The summed E-state index contributed by atoms with van der Waals surface area (Å²) in [7, 11) is -0.431. The molecule has 1 N–H and O–H groups in total. The van der Waals surface area contributed by atoms with Crippen LogP contribution in [0.5, 0.6) is 0 Å². The molecule has 0 saturated heterocycles. The Morgan fingerprint density at radius 3 is 1.50 bits per heavy atom. The van der Waals surface area contributed by atoms with Gasteiger partial charge in [0.15, 0.2) is 0 Å². The quantitative estimate of drug-likeness (QED) is 0.587. The molecule has 0 unspecified atom stereocenters. The van der Waals surface area contributed by atoms with Crippen molar-refractivity contribution >= 4 is 7.26 Å². The Morgan fingerprint density at radius 1 is 1.00 bits per heavy atom. The van der Waals surface area contributed by atoms with Crippen LogP contribution in [0.15, 0.2) is 0 Å². The Balaban J connectivity index is 0. The molecular formula is C8H21OP. The van der Waals surface area contributed by atoms with Crippen LogP contribution in [0.1, 0.15) is 27.2 Å². The van der Waals surface area contributed by atoms with Crippen molar-refractivity contribution in [3.05, 3.63) is 0 Å². The molecule has 0 rings (SSSR count). The second-order valence-electron chi connectivity index (χ2n) is 2.98. The van der Waals surface area contributed by atoms with Gasteiger partial charge in [0.1, 0.15) is 0 Å². The summed E-state index contributed by atoms with van der Waals surface area (Å²) in [6, 6.07) is 0. The third kappa shape index (κ3) is 4.24. The van der Waals surface area contributed by atoms with Crippen molar-refractivity contribution in [2.75, 3.05) is 25.2 Å². The maximum atomic E-state index is 2.50. The zero-order valence-electron chi connectivity index (χ0n) is 7.72. The predicted molar refractivity (Wildman–Crippen MR) is 51.0 cm³/mol. The van der Waals surface area contributed by atoms with Crippen molar-refractivity contribution in [3.8, 4) is 0 Å². The van der Waals surface area contributed by atoms with Gasteiger partial charge in [-0.25, -0.2) is 0 Å². The third-order valence-electron chi connectivity index (χ3n) is 2.29. The molecule has 0 spiro atoms. The highest BCUT2D eigenvalue weighted by molar-refractivity contribution is 7.75. The monoisotopic (exact) mass is 164 g/mol. The van der Waals surface area contributed by atoms with Gasteiger partial charge in [-0.3, -0.25) is 0 Å². The van der Waals surface area contributed by atoms with Crippen LogP contribution < -0.4 is 0 Å². The van der Waals surface area contributed by atoms with E-state index in [9.17, 15) is 0 Å². The van der Waals surface area contributed by atoms with Gasteiger partial charge in [0.2, 0.25) is 0 Å². The summed E-state index contributed by atoms with van der Waals surface area (Å²) in [6.45, 7) is 9.47. The summed E-state index contributed by atoms with van der Waals surface area (Å²) in [5, 5.41) is 0. The Labute approximate surface area is 65.9 Å². The SMILES string of the molecule is CCC[P+](C)(CC)CC.[OH-]. The Morgan fingerprint density at radius 2 is 1.40 bits per heavy atom. The molecule has 10 heavy (non-hydrogen) atoms. The fraction of sp³-hybridized carbons (Fsp3) is 1.00. The molecule has 0 aliphatic heterocycles. The van der Waals surface area contributed by atoms with Gasteiger partial charge in [-0.05, 0) is 20.3 Å². The highest BCUT2D eigenvalue weighted by atomic mass is 31.2. The highest BCUT2D eigenvalue weighted by Crippen LogP contribution is 2.54. The summed E-state index contributed by atoms with van der Waals surface area (Å²) in [4.78, 5) is 0. The van der Waals surface area contributed by atoms with E-state index in [2.05, 4.69) is 27.4 Å². The Bertz CT molecular complexity index is 69.7. The van der Waals surface area contributed by atoms with Crippen molar-refractivity contribution in [1.82, 2.24) is 0 Å². The molecule has 0 aliphatic carbocycles. The van der Waals surface area contributed by atoms with Crippen molar-refractivity contribution in [3.63, 3.8) is 0 Å². The van der Waals surface area contributed by atoms with Crippen LogP contribution in [0, 0.1) is 0 Å². The molecule has 0 aromatic carbocycles. The molecule has 0 bridgehead atoms. The first kappa shape index (κ1) is 13.0. The number of hydrogen-bond donors (Lipinski definition) is 0. The lowest BCUT2D eigenvalue weighted by Crippen LogP contribution is -2.01. The molecule has 0 radical (unpaired) electrons. The molecule has 0 fully saturated rings. The van der Waals surface area contributed by atoms with Crippen LogP contribution in [0.3, 0.4) is 0 Å². The third-order valence-corrected chi connectivity index (χ3v) is 6.87. The minimum Gasteiger partial charge on any atom is -0.870 e. The fourth-order valence-corrected chi connectivity index (χ4v) is 3.24. The molecule has 0 heterocycles. The van der Waals surface area contributed by atoms with Crippen LogP contribution in [-0.2, 0) is 0 Å². The zero-order chi connectivity index (χ0) is 7.33. The van der Waals surface area contributed by atoms with E-state index in [4.69, 9.17) is 0 Å². The molecule has 0 aliphatic rings. The summed E-state index contributed by atoms with van der Waals surface area (Å²) < 4.78 is 0. The van der Waals surface area contributed by atoms with Gasteiger partial charge < -0.3 is 5.48 Å². The fourth-order valence-electron chi connectivity index (χ4n) is 1.08. The Kier molecular flexibility index (Phi) is 7.97. The standard InChI is InChI=1S/C8H20P.H2O/c1-5-8-9(4,6-2)7-3;/h5-8H2,1-4H3;1H2/q+1;/p-1. The second kappa shape index (κ2) is 6.12. The Hall–Kier alpha value is 0.390. The van der Waals surface area contributed by atoms with Gasteiger partial charge in [0, 0.05) is 13.9 Å². The van der Waals surface area contributed by atoms with E-state index < -0.39 is 7.26 Å². The maximum absolute atomic E-state index is 2.50. The van der Waals surface area contributed by atoms with Gasteiger partial charge >= 0.3 is 0 Å². The van der Waals surface area contributed by atoms with E-state index in [-0.39, 0.29) is 5.48 Å². The molecule has 0 amide bonds. The first-order valence-corrected chi connectivity index (χ1v) is 6.81. The number of rotatable bonds is 4. The molecule has 64 valence electrons. The van der Waals surface area contributed by atoms with E-state index in [1.807, 2.05) is 0 Å². The van der Waals surface area contributed by atoms with Gasteiger partial charge in [-0.1, -0.05) is 6.92 Å². The number of hydrogen-bond acceptors (Lipinski definition) is 1. The zero-order valence-corrected chi connectivity index (χ0v) is 8.62. The lowest BCUT2D eigenvalue weighted by Gasteiger charge is -2.18. The van der Waals surface area contributed by atoms with Crippen molar-refractivity contribution in [1.29, 1.82) is 0 Å². The summed E-state index contributed by atoms with van der Waals surface area (Å²) in [6.07, 6.45) is 5.76. The smallest absolute Gasteiger partial charge is 0.0588 e. The van der Waals surface area contributed by atoms with E-state index in [0.717, 1.165) is 0 Å². The van der Waals surface area contributed by atoms with Crippen LogP contribution in [0.4, 0.5) is 0 Å². The van der Waals surface area contributed by atoms with Gasteiger partial charge in [0.25, 0.3) is 0 Å². The molecule has 2 heteroatoms.